The third kappa shape index (κ3) is 0.868. The number of nitrogens with zero attached hydrogens (tertiary/aromatic N) is 4. The highest BCUT2D eigenvalue weighted by molar-refractivity contribution is 5.43. The van der Waals surface area contributed by atoms with Crippen molar-refractivity contribution in [2.75, 3.05) is 0 Å². The van der Waals surface area contributed by atoms with Crippen LogP contribution in [-0.4, -0.2) is 24.5 Å². The van der Waals surface area contributed by atoms with E-state index in [1.807, 2.05) is 7.05 Å². The summed E-state index contributed by atoms with van der Waals surface area (Å²) in [5.74, 6) is 1.09. The molecule has 0 saturated carbocycles. The van der Waals surface area contributed by atoms with Gasteiger partial charge >= 0.3 is 0 Å². The fraction of sp³-hybridized carbons (Fsp3) is 0.143. The Kier molecular flexibility index (Phi) is 1.36. The lowest BCUT2D eigenvalue weighted by atomic mass is 10.6. The van der Waals surface area contributed by atoms with Crippen LogP contribution in [-0.2, 0) is 7.05 Å². The normalized spacial score (nSPS) is 10.4. The van der Waals surface area contributed by atoms with Crippen LogP contribution < -0.4 is 0 Å². The van der Waals surface area contributed by atoms with Gasteiger partial charge in [0.15, 0.2) is 5.82 Å². The van der Waals surface area contributed by atoms with Gasteiger partial charge in [-0.2, -0.15) is 4.73 Å². The Balaban J connectivity index is 2.57. The van der Waals surface area contributed by atoms with Gasteiger partial charge < -0.3 is 9.77 Å². The zero-order chi connectivity index (χ0) is 8.55. The molecular formula is C7H8N4O. The molecule has 0 fully saturated rings. The SMILES string of the molecule is Cn1ccnc1-c1nccn1O. The molecule has 5 heteroatoms. The molecule has 0 bridgehead atoms. The Labute approximate surface area is 68.9 Å². The standard InChI is InChI=1S/C7H8N4O/c1-10-4-2-8-6(10)7-9-3-5-11(7)12/h2-5,12H,1H3. The van der Waals surface area contributed by atoms with Gasteiger partial charge in [0.2, 0.25) is 5.82 Å². The molecule has 0 radical (unpaired) electrons. The van der Waals surface area contributed by atoms with Crippen molar-refractivity contribution in [2.45, 2.75) is 0 Å². The first kappa shape index (κ1) is 6.90. The Morgan fingerprint density at radius 2 is 1.83 bits per heavy atom. The molecule has 0 saturated heterocycles. The average Bonchev–Trinajstić information content (AvgIpc) is 2.59. The van der Waals surface area contributed by atoms with E-state index in [0.29, 0.717) is 11.6 Å². The van der Waals surface area contributed by atoms with Crippen LogP contribution in [0.2, 0.25) is 0 Å². The minimum atomic E-state index is 0.447. The van der Waals surface area contributed by atoms with E-state index < -0.39 is 0 Å². The zero-order valence-electron chi connectivity index (χ0n) is 6.55. The summed E-state index contributed by atoms with van der Waals surface area (Å²) >= 11 is 0. The summed E-state index contributed by atoms with van der Waals surface area (Å²) < 4.78 is 2.73. The minimum absolute atomic E-state index is 0.447. The highest BCUT2D eigenvalue weighted by Gasteiger charge is 2.08. The van der Waals surface area contributed by atoms with Gasteiger partial charge in [-0.25, -0.2) is 9.97 Å². The monoisotopic (exact) mass is 164 g/mol. The summed E-state index contributed by atoms with van der Waals surface area (Å²) in [4.78, 5) is 7.99. The molecule has 0 aliphatic rings. The summed E-state index contributed by atoms with van der Waals surface area (Å²) in [7, 11) is 1.84. The predicted octanol–water partition coefficient (Wildman–Crippen LogP) is 0.521. The van der Waals surface area contributed by atoms with Gasteiger partial charge in [-0.3, -0.25) is 0 Å². The number of rotatable bonds is 1. The third-order valence-corrected chi connectivity index (χ3v) is 1.64. The number of hydrogen-bond acceptors (Lipinski definition) is 3. The van der Waals surface area contributed by atoms with Crippen molar-refractivity contribution in [2.24, 2.45) is 7.05 Å². The molecule has 2 aromatic rings. The Morgan fingerprint density at radius 1 is 1.17 bits per heavy atom. The topological polar surface area (TPSA) is 55.9 Å². The molecule has 0 unspecified atom stereocenters. The van der Waals surface area contributed by atoms with Crippen LogP contribution in [0, 0.1) is 0 Å². The van der Waals surface area contributed by atoms with E-state index in [1.54, 1.807) is 17.0 Å². The van der Waals surface area contributed by atoms with Gasteiger partial charge in [0.25, 0.3) is 0 Å². The number of imidazole rings is 2. The van der Waals surface area contributed by atoms with Gasteiger partial charge in [-0.1, -0.05) is 0 Å². The highest BCUT2D eigenvalue weighted by Crippen LogP contribution is 2.11. The van der Waals surface area contributed by atoms with Gasteiger partial charge in [-0.05, 0) is 0 Å². The van der Waals surface area contributed by atoms with E-state index in [0.717, 1.165) is 4.73 Å². The molecule has 5 nitrogen and oxygen atoms in total. The molecule has 62 valence electrons. The van der Waals surface area contributed by atoms with Crippen LogP contribution in [0.3, 0.4) is 0 Å². The number of hydrogen-bond donors (Lipinski definition) is 1. The predicted molar refractivity (Wildman–Crippen MR) is 41.6 cm³/mol. The average molecular weight is 164 g/mol. The fourth-order valence-electron chi connectivity index (χ4n) is 1.04. The molecule has 2 aromatic heterocycles. The molecule has 0 amide bonds. The van der Waals surface area contributed by atoms with Gasteiger partial charge in [0.05, 0.1) is 6.20 Å². The van der Waals surface area contributed by atoms with E-state index >= 15 is 0 Å². The highest BCUT2D eigenvalue weighted by atomic mass is 16.5. The first-order valence-electron chi connectivity index (χ1n) is 3.49. The van der Waals surface area contributed by atoms with Crippen molar-refractivity contribution in [3.8, 4) is 11.6 Å². The van der Waals surface area contributed by atoms with Crippen LogP contribution in [0.1, 0.15) is 0 Å². The van der Waals surface area contributed by atoms with Gasteiger partial charge in [0.1, 0.15) is 0 Å². The molecular weight excluding hydrogens is 156 g/mol. The Hall–Kier alpha value is -1.78. The first-order valence-corrected chi connectivity index (χ1v) is 3.49. The first-order chi connectivity index (χ1) is 5.79. The maximum absolute atomic E-state index is 9.25. The second-order valence-corrected chi connectivity index (χ2v) is 2.46. The van der Waals surface area contributed by atoms with E-state index in [9.17, 15) is 5.21 Å². The van der Waals surface area contributed by atoms with Crippen LogP contribution in [0.4, 0.5) is 0 Å². The summed E-state index contributed by atoms with van der Waals surface area (Å²) in [6, 6.07) is 0. The van der Waals surface area contributed by atoms with Crippen molar-refractivity contribution < 1.29 is 5.21 Å². The molecule has 12 heavy (non-hydrogen) atoms. The molecule has 1 N–H and O–H groups in total. The molecule has 0 aliphatic carbocycles. The van der Waals surface area contributed by atoms with Gasteiger partial charge in [0, 0.05) is 25.6 Å². The molecule has 0 aromatic carbocycles. The van der Waals surface area contributed by atoms with E-state index in [4.69, 9.17) is 0 Å². The maximum atomic E-state index is 9.25. The fourth-order valence-corrected chi connectivity index (χ4v) is 1.04. The van der Waals surface area contributed by atoms with Crippen molar-refractivity contribution in [1.29, 1.82) is 0 Å². The van der Waals surface area contributed by atoms with Crippen LogP contribution >= 0.6 is 0 Å². The number of aromatic nitrogens is 4. The molecule has 2 heterocycles. The lowest BCUT2D eigenvalue weighted by Gasteiger charge is -1.99. The van der Waals surface area contributed by atoms with Crippen molar-refractivity contribution >= 4 is 0 Å². The summed E-state index contributed by atoms with van der Waals surface area (Å²) in [6.07, 6.45) is 6.43. The largest absolute Gasteiger partial charge is 0.427 e. The minimum Gasteiger partial charge on any atom is -0.427 e. The van der Waals surface area contributed by atoms with E-state index in [1.165, 1.54) is 12.4 Å². The molecule has 2 rings (SSSR count). The molecule has 0 atom stereocenters. The van der Waals surface area contributed by atoms with E-state index in [2.05, 4.69) is 9.97 Å². The second-order valence-electron chi connectivity index (χ2n) is 2.46. The zero-order valence-corrected chi connectivity index (χ0v) is 6.55. The molecule has 0 spiro atoms. The smallest absolute Gasteiger partial charge is 0.211 e. The van der Waals surface area contributed by atoms with Crippen LogP contribution in [0.5, 0.6) is 0 Å². The van der Waals surface area contributed by atoms with Crippen molar-refractivity contribution in [3.63, 3.8) is 0 Å². The second kappa shape index (κ2) is 2.37. The lowest BCUT2D eigenvalue weighted by Crippen LogP contribution is -1.98. The Bertz CT molecular complexity index is 351. The number of aryl methyl sites for hydroxylation is 1. The summed E-state index contributed by atoms with van der Waals surface area (Å²) in [5.41, 5.74) is 0. The quantitative estimate of drug-likeness (QED) is 0.625. The lowest BCUT2D eigenvalue weighted by molar-refractivity contribution is 0.190. The Morgan fingerprint density at radius 3 is 2.33 bits per heavy atom. The maximum Gasteiger partial charge on any atom is 0.211 e. The van der Waals surface area contributed by atoms with E-state index in [-0.39, 0.29) is 0 Å². The van der Waals surface area contributed by atoms with Crippen molar-refractivity contribution in [1.82, 2.24) is 19.3 Å². The summed E-state index contributed by atoms with van der Waals surface area (Å²) in [5, 5.41) is 9.25. The summed E-state index contributed by atoms with van der Waals surface area (Å²) in [6.45, 7) is 0. The third-order valence-electron chi connectivity index (χ3n) is 1.64. The molecule has 0 aliphatic heterocycles. The van der Waals surface area contributed by atoms with Crippen LogP contribution in [0.15, 0.2) is 24.8 Å². The van der Waals surface area contributed by atoms with Crippen molar-refractivity contribution in [3.05, 3.63) is 24.8 Å². The van der Waals surface area contributed by atoms with Gasteiger partial charge in [-0.15, -0.1) is 0 Å². The van der Waals surface area contributed by atoms with Crippen LogP contribution in [0.25, 0.3) is 11.6 Å².